The zero-order valence-electron chi connectivity index (χ0n) is 14.6. The van der Waals surface area contributed by atoms with E-state index in [1.807, 2.05) is 57.2 Å². The van der Waals surface area contributed by atoms with Gasteiger partial charge in [-0.15, -0.1) is 0 Å². The van der Waals surface area contributed by atoms with Gasteiger partial charge in [-0.3, -0.25) is 4.79 Å². The van der Waals surface area contributed by atoms with Gasteiger partial charge in [0.2, 0.25) is 0 Å². The standard InChI is InChI=1S/C21H21N3O/c1-14-5-4-6-17(10-14)23-18-7-8-20(22-13-18)21(25)24-19-11-15(2)9-16(3)12-19/h4-13,23H,1-3H3,(H,24,25). The van der Waals surface area contributed by atoms with Crippen LogP contribution < -0.4 is 10.6 Å². The molecule has 4 nitrogen and oxygen atoms in total. The maximum Gasteiger partial charge on any atom is 0.274 e. The van der Waals surface area contributed by atoms with Crippen molar-refractivity contribution in [2.75, 3.05) is 10.6 Å². The van der Waals surface area contributed by atoms with Crippen molar-refractivity contribution >= 4 is 23.0 Å². The second-order valence-electron chi connectivity index (χ2n) is 6.26. The fraction of sp³-hybridized carbons (Fsp3) is 0.143. The highest BCUT2D eigenvalue weighted by Gasteiger charge is 2.08. The summed E-state index contributed by atoms with van der Waals surface area (Å²) >= 11 is 0. The van der Waals surface area contributed by atoms with Crippen molar-refractivity contribution in [3.63, 3.8) is 0 Å². The van der Waals surface area contributed by atoms with Crippen molar-refractivity contribution in [1.29, 1.82) is 0 Å². The first-order valence-electron chi connectivity index (χ1n) is 8.19. The molecule has 2 N–H and O–H groups in total. The van der Waals surface area contributed by atoms with E-state index < -0.39 is 0 Å². The van der Waals surface area contributed by atoms with E-state index >= 15 is 0 Å². The number of amides is 1. The van der Waals surface area contributed by atoms with Crippen molar-refractivity contribution < 1.29 is 4.79 Å². The van der Waals surface area contributed by atoms with Crippen molar-refractivity contribution in [2.24, 2.45) is 0 Å². The Hall–Kier alpha value is -3.14. The van der Waals surface area contributed by atoms with Crippen molar-refractivity contribution in [3.8, 4) is 0 Å². The summed E-state index contributed by atoms with van der Waals surface area (Å²) in [5.41, 5.74) is 6.41. The molecule has 0 radical (unpaired) electrons. The van der Waals surface area contributed by atoms with Gasteiger partial charge < -0.3 is 10.6 Å². The fourth-order valence-corrected chi connectivity index (χ4v) is 2.73. The number of aromatic nitrogens is 1. The number of rotatable bonds is 4. The molecule has 1 amide bonds. The number of hydrogen-bond donors (Lipinski definition) is 2. The van der Waals surface area contributed by atoms with E-state index in [0.29, 0.717) is 5.69 Å². The maximum atomic E-state index is 12.4. The minimum absolute atomic E-state index is 0.216. The third-order valence-electron chi connectivity index (χ3n) is 3.78. The van der Waals surface area contributed by atoms with Gasteiger partial charge in [0, 0.05) is 11.4 Å². The Balaban J connectivity index is 1.70. The topological polar surface area (TPSA) is 54.0 Å². The molecule has 0 atom stereocenters. The second kappa shape index (κ2) is 7.18. The fourth-order valence-electron chi connectivity index (χ4n) is 2.73. The van der Waals surface area contributed by atoms with Gasteiger partial charge in [0.05, 0.1) is 11.9 Å². The highest BCUT2D eigenvalue weighted by Crippen LogP contribution is 2.18. The van der Waals surface area contributed by atoms with Crippen LogP contribution in [-0.4, -0.2) is 10.9 Å². The Morgan fingerprint density at radius 1 is 0.800 bits per heavy atom. The van der Waals surface area contributed by atoms with Gasteiger partial charge in [-0.2, -0.15) is 0 Å². The number of aryl methyl sites for hydroxylation is 3. The van der Waals surface area contributed by atoms with Gasteiger partial charge in [-0.1, -0.05) is 18.2 Å². The van der Waals surface area contributed by atoms with E-state index in [2.05, 4.69) is 27.8 Å². The average molecular weight is 331 g/mol. The molecule has 0 fully saturated rings. The molecule has 0 bridgehead atoms. The van der Waals surface area contributed by atoms with E-state index in [9.17, 15) is 4.79 Å². The summed E-state index contributed by atoms with van der Waals surface area (Å²) in [5, 5.41) is 6.18. The van der Waals surface area contributed by atoms with E-state index in [0.717, 1.165) is 28.2 Å². The van der Waals surface area contributed by atoms with Crippen LogP contribution in [0.3, 0.4) is 0 Å². The zero-order chi connectivity index (χ0) is 17.8. The number of carbonyl (C=O) groups excluding carboxylic acids is 1. The SMILES string of the molecule is Cc1cc(C)cc(NC(=O)c2ccc(Nc3cccc(C)c3)cn2)c1. The van der Waals surface area contributed by atoms with Gasteiger partial charge in [0.25, 0.3) is 5.91 Å². The number of hydrogen-bond acceptors (Lipinski definition) is 3. The Morgan fingerprint density at radius 3 is 2.16 bits per heavy atom. The van der Waals surface area contributed by atoms with Crippen LogP contribution in [-0.2, 0) is 0 Å². The molecule has 25 heavy (non-hydrogen) atoms. The summed E-state index contributed by atoms with van der Waals surface area (Å²) in [6, 6.07) is 17.6. The summed E-state index contributed by atoms with van der Waals surface area (Å²) in [4.78, 5) is 16.6. The summed E-state index contributed by atoms with van der Waals surface area (Å²) < 4.78 is 0. The molecule has 3 aromatic rings. The summed E-state index contributed by atoms with van der Waals surface area (Å²) in [6.07, 6.45) is 1.67. The molecule has 3 rings (SSSR count). The molecular formula is C21H21N3O. The molecular weight excluding hydrogens is 310 g/mol. The highest BCUT2D eigenvalue weighted by molar-refractivity contribution is 6.03. The molecule has 0 aliphatic rings. The van der Waals surface area contributed by atoms with Crippen molar-refractivity contribution in [1.82, 2.24) is 4.98 Å². The van der Waals surface area contributed by atoms with Crippen LogP contribution in [0.4, 0.5) is 17.1 Å². The molecule has 0 spiro atoms. The molecule has 0 saturated carbocycles. The molecule has 126 valence electrons. The van der Waals surface area contributed by atoms with Crippen molar-refractivity contribution in [2.45, 2.75) is 20.8 Å². The highest BCUT2D eigenvalue weighted by atomic mass is 16.1. The van der Waals surface area contributed by atoms with E-state index in [4.69, 9.17) is 0 Å². The lowest BCUT2D eigenvalue weighted by Crippen LogP contribution is -2.13. The Kier molecular flexibility index (Phi) is 4.80. The normalized spacial score (nSPS) is 10.4. The quantitative estimate of drug-likeness (QED) is 0.707. The second-order valence-corrected chi connectivity index (χ2v) is 6.26. The van der Waals surface area contributed by atoms with Gasteiger partial charge in [-0.05, 0) is 73.9 Å². The van der Waals surface area contributed by atoms with E-state index in [1.54, 1.807) is 12.3 Å². The van der Waals surface area contributed by atoms with Gasteiger partial charge >= 0.3 is 0 Å². The molecule has 0 saturated heterocycles. The molecule has 2 aromatic carbocycles. The molecule has 0 unspecified atom stereocenters. The number of nitrogens with one attached hydrogen (secondary N) is 2. The Bertz CT molecular complexity index is 881. The minimum atomic E-state index is -0.216. The smallest absolute Gasteiger partial charge is 0.274 e. The van der Waals surface area contributed by atoms with Crippen LogP contribution in [0.5, 0.6) is 0 Å². The number of pyridine rings is 1. The first kappa shape index (κ1) is 16.7. The lowest BCUT2D eigenvalue weighted by molar-refractivity contribution is 0.102. The zero-order valence-corrected chi connectivity index (χ0v) is 14.6. The molecule has 0 aliphatic heterocycles. The number of anilines is 3. The minimum Gasteiger partial charge on any atom is -0.354 e. The van der Waals surface area contributed by atoms with Crippen LogP contribution in [0.25, 0.3) is 0 Å². The van der Waals surface area contributed by atoms with E-state index in [1.165, 1.54) is 5.56 Å². The Labute approximate surface area is 147 Å². The van der Waals surface area contributed by atoms with Crippen LogP contribution in [0, 0.1) is 20.8 Å². The van der Waals surface area contributed by atoms with Gasteiger partial charge in [-0.25, -0.2) is 4.98 Å². The average Bonchev–Trinajstić information content (AvgIpc) is 2.54. The number of carbonyl (C=O) groups is 1. The molecule has 1 heterocycles. The first-order chi connectivity index (χ1) is 12.0. The Morgan fingerprint density at radius 2 is 1.52 bits per heavy atom. The predicted octanol–water partition coefficient (Wildman–Crippen LogP) is 5.00. The largest absolute Gasteiger partial charge is 0.354 e. The maximum absolute atomic E-state index is 12.4. The van der Waals surface area contributed by atoms with Crippen LogP contribution in [0.1, 0.15) is 27.2 Å². The summed E-state index contributed by atoms with van der Waals surface area (Å²) in [6.45, 7) is 6.06. The monoisotopic (exact) mass is 331 g/mol. The summed E-state index contributed by atoms with van der Waals surface area (Å²) in [5.74, 6) is -0.216. The van der Waals surface area contributed by atoms with Crippen molar-refractivity contribution in [3.05, 3.63) is 83.2 Å². The van der Waals surface area contributed by atoms with Crippen LogP contribution in [0.2, 0.25) is 0 Å². The lowest BCUT2D eigenvalue weighted by Gasteiger charge is -2.09. The van der Waals surface area contributed by atoms with E-state index in [-0.39, 0.29) is 5.91 Å². The number of benzene rings is 2. The first-order valence-corrected chi connectivity index (χ1v) is 8.19. The number of nitrogens with zero attached hydrogens (tertiary/aromatic N) is 1. The van der Waals surface area contributed by atoms with Crippen LogP contribution >= 0.6 is 0 Å². The molecule has 1 aromatic heterocycles. The molecule has 4 heteroatoms. The third kappa shape index (κ3) is 4.44. The van der Waals surface area contributed by atoms with Gasteiger partial charge in [0.15, 0.2) is 0 Å². The van der Waals surface area contributed by atoms with Crippen LogP contribution in [0.15, 0.2) is 60.8 Å². The predicted molar refractivity (Wildman–Crippen MR) is 103 cm³/mol. The summed E-state index contributed by atoms with van der Waals surface area (Å²) in [7, 11) is 0. The molecule has 0 aliphatic carbocycles. The lowest BCUT2D eigenvalue weighted by atomic mass is 10.1. The third-order valence-corrected chi connectivity index (χ3v) is 3.78. The van der Waals surface area contributed by atoms with Gasteiger partial charge in [0.1, 0.15) is 5.69 Å².